The fourth-order valence-electron chi connectivity index (χ4n) is 4.61. The highest BCUT2D eigenvalue weighted by atomic mass is 32.2. The standard InChI is InChI=1S/C23H25F3N2O3S/c24-23(25,26)18-8-4-5-9-20(18)32(30,31)28-14-11-22(12-15-28)16-19(22)21(29)27-13-10-17-6-2-1-3-7-17/h1-9,19H,10-16H2,(H,27,29)/t19-/m0/s1. The van der Waals surface area contributed by atoms with Gasteiger partial charge < -0.3 is 5.32 Å². The molecule has 0 unspecified atom stereocenters. The number of carbonyl (C=O) groups is 1. The summed E-state index contributed by atoms with van der Waals surface area (Å²) in [5.41, 5.74) is -0.259. The Kier molecular flexibility index (Phi) is 6.06. The molecule has 1 aliphatic heterocycles. The van der Waals surface area contributed by atoms with Crippen molar-refractivity contribution in [3.63, 3.8) is 0 Å². The van der Waals surface area contributed by atoms with Crippen LogP contribution in [0.2, 0.25) is 0 Å². The molecular weight excluding hydrogens is 441 g/mol. The van der Waals surface area contributed by atoms with E-state index in [4.69, 9.17) is 0 Å². The fourth-order valence-corrected chi connectivity index (χ4v) is 6.26. The number of nitrogens with one attached hydrogen (secondary N) is 1. The first-order valence-corrected chi connectivity index (χ1v) is 12.1. The molecule has 2 aromatic carbocycles. The zero-order chi connectivity index (χ0) is 23.0. The van der Waals surface area contributed by atoms with Crippen LogP contribution in [0.25, 0.3) is 0 Å². The molecule has 32 heavy (non-hydrogen) atoms. The summed E-state index contributed by atoms with van der Waals surface area (Å²) < 4.78 is 66.9. The summed E-state index contributed by atoms with van der Waals surface area (Å²) in [6.07, 6.45) is -2.39. The van der Waals surface area contributed by atoms with Gasteiger partial charge in [-0.2, -0.15) is 17.5 Å². The van der Waals surface area contributed by atoms with Gasteiger partial charge in [-0.1, -0.05) is 42.5 Å². The molecule has 4 rings (SSSR count). The maximum atomic E-state index is 13.3. The molecule has 1 saturated carbocycles. The first-order valence-electron chi connectivity index (χ1n) is 10.6. The number of piperidine rings is 1. The molecule has 1 heterocycles. The minimum Gasteiger partial charge on any atom is -0.356 e. The third-order valence-corrected chi connectivity index (χ3v) is 8.55. The van der Waals surface area contributed by atoms with E-state index in [-0.39, 0.29) is 30.3 Å². The molecule has 172 valence electrons. The second-order valence-corrected chi connectivity index (χ2v) is 10.5. The normalized spacial score (nSPS) is 20.8. The van der Waals surface area contributed by atoms with E-state index in [1.54, 1.807) is 0 Å². The third-order valence-electron chi connectivity index (χ3n) is 6.59. The van der Waals surface area contributed by atoms with Gasteiger partial charge in [-0.15, -0.1) is 0 Å². The summed E-state index contributed by atoms with van der Waals surface area (Å²) >= 11 is 0. The molecule has 1 aliphatic carbocycles. The zero-order valence-electron chi connectivity index (χ0n) is 17.4. The predicted molar refractivity (Wildman–Crippen MR) is 113 cm³/mol. The van der Waals surface area contributed by atoms with Crippen LogP contribution in [0.3, 0.4) is 0 Å². The van der Waals surface area contributed by atoms with Gasteiger partial charge in [0.2, 0.25) is 15.9 Å². The third kappa shape index (κ3) is 4.54. The Morgan fingerprint density at radius 3 is 2.31 bits per heavy atom. The van der Waals surface area contributed by atoms with Crippen LogP contribution in [0.1, 0.15) is 30.4 Å². The minimum atomic E-state index is -4.75. The van der Waals surface area contributed by atoms with Gasteiger partial charge in [-0.05, 0) is 48.8 Å². The van der Waals surface area contributed by atoms with Crippen LogP contribution >= 0.6 is 0 Å². The van der Waals surface area contributed by atoms with Gasteiger partial charge in [0.05, 0.1) is 10.5 Å². The van der Waals surface area contributed by atoms with Crippen LogP contribution in [-0.2, 0) is 27.4 Å². The van der Waals surface area contributed by atoms with Gasteiger partial charge in [0, 0.05) is 25.6 Å². The molecule has 2 aliphatic rings. The Balaban J connectivity index is 1.34. The molecule has 0 bridgehead atoms. The highest BCUT2D eigenvalue weighted by Crippen LogP contribution is 2.59. The van der Waals surface area contributed by atoms with Gasteiger partial charge in [-0.3, -0.25) is 4.79 Å². The van der Waals surface area contributed by atoms with Crippen LogP contribution in [0, 0.1) is 11.3 Å². The number of sulfonamides is 1. The van der Waals surface area contributed by atoms with E-state index in [2.05, 4.69) is 5.32 Å². The predicted octanol–water partition coefficient (Wildman–Crippen LogP) is 3.86. The van der Waals surface area contributed by atoms with Gasteiger partial charge in [0.1, 0.15) is 0 Å². The van der Waals surface area contributed by atoms with E-state index in [0.717, 1.165) is 28.4 Å². The number of amides is 1. The van der Waals surface area contributed by atoms with Crippen molar-refractivity contribution < 1.29 is 26.4 Å². The lowest BCUT2D eigenvalue weighted by molar-refractivity contribution is -0.140. The molecule has 1 atom stereocenters. The van der Waals surface area contributed by atoms with Crippen molar-refractivity contribution in [3.05, 3.63) is 65.7 Å². The topological polar surface area (TPSA) is 66.5 Å². The minimum absolute atomic E-state index is 0.0281. The number of benzene rings is 2. The lowest BCUT2D eigenvalue weighted by Gasteiger charge is -2.32. The Bertz CT molecular complexity index is 1080. The summed E-state index contributed by atoms with van der Waals surface area (Å²) in [5, 5.41) is 2.96. The number of nitrogens with zero attached hydrogens (tertiary/aromatic N) is 1. The van der Waals surface area contributed by atoms with E-state index in [1.165, 1.54) is 12.1 Å². The number of alkyl halides is 3. The van der Waals surface area contributed by atoms with Crippen molar-refractivity contribution in [3.8, 4) is 0 Å². The van der Waals surface area contributed by atoms with Crippen molar-refractivity contribution >= 4 is 15.9 Å². The quantitative estimate of drug-likeness (QED) is 0.703. The van der Waals surface area contributed by atoms with E-state index in [9.17, 15) is 26.4 Å². The Morgan fingerprint density at radius 1 is 1.03 bits per heavy atom. The Labute approximate surface area is 185 Å². The van der Waals surface area contributed by atoms with Crippen molar-refractivity contribution in [1.29, 1.82) is 0 Å². The number of rotatable bonds is 6. The maximum absolute atomic E-state index is 13.3. The molecule has 0 radical (unpaired) electrons. The van der Waals surface area contributed by atoms with Crippen molar-refractivity contribution in [2.24, 2.45) is 11.3 Å². The largest absolute Gasteiger partial charge is 0.417 e. The molecule has 2 fully saturated rings. The van der Waals surface area contributed by atoms with Crippen LogP contribution in [0.15, 0.2) is 59.5 Å². The highest BCUT2D eigenvalue weighted by molar-refractivity contribution is 7.89. The summed E-state index contributed by atoms with van der Waals surface area (Å²) in [4.78, 5) is 11.8. The monoisotopic (exact) mass is 466 g/mol. The Morgan fingerprint density at radius 2 is 1.66 bits per heavy atom. The lowest BCUT2D eigenvalue weighted by Crippen LogP contribution is -2.41. The molecule has 1 N–H and O–H groups in total. The van der Waals surface area contributed by atoms with Gasteiger partial charge in [0.15, 0.2) is 0 Å². The summed E-state index contributed by atoms with van der Waals surface area (Å²) in [5.74, 6) is -0.190. The average molecular weight is 467 g/mol. The molecule has 1 amide bonds. The van der Waals surface area contributed by atoms with Gasteiger partial charge in [0.25, 0.3) is 0 Å². The van der Waals surface area contributed by atoms with Crippen LogP contribution in [-0.4, -0.2) is 38.3 Å². The van der Waals surface area contributed by atoms with Crippen molar-refractivity contribution in [1.82, 2.24) is 9.62 Å². The molecule has 2 aromatic rings. The van der Waals surface area contributed by atoms with E-state index in [1.807, 2.05) is 30.3 Å². The van der Waals surface area contributed by atoms with Crippen LogP contribution in [0.4, 0.5) is 13.2 Å². The molecular formula is C23H25F3N2O3S. The van der Waals surface area contributed by atoms with Crippen LogP contribution in [0.5, 0.6) is 0 Å². The lowest BCUT2D eigenvalue weighted by atomic mass is 9.91. The molecule has 1 spiro atoms. The van der Waals surface area contributed by atoms with Crippen molar-refractivity contribution in [2.45, 2.75) is 36.8 Å². The van der Waals surface area contributed by atoms with E-state index >= 15 is 0 Å². The number of carbonyl (C=O) groups excluding carboxylic acids is 1. The highest BCUT2D eigenvalue weighted by Gasteiger charge is 2.59. The van der Waals surface area contributed by atoms with Crippen LogP contribution < -0.4 is 5.32 Å². The number of hydrogen-bond donors (Lipinski definition) is 1. The molecule has 1 saturated heterocycles. The summed E-state index contributed by atoms with van der Waals surface area (Å²) in [6.45, 7) is 0.759. The fraction of sp³-hybridized carbons (Fsp3) is 0.435. The summed E-state index contributed by atoms with van der Waals surface area (Å²) in [7, 11) is -4.27. The maximum Gasteiger partial charge on any atom is 0.417 e. The van der Waals surface area contributed by atoms with E-state index in [0.29, 0.717) is 25.8 Å². The van der Waals surface area contributed by atoms with Crippen molar-refractivity contribution in [2.75, 3.05) is 19.6 Å². The number of hydrogen-bond acceptors (Lipinski definition) is 3. The Hall–Kier alpha value is -2.39. The zero-order valence-corrected chi connectivity index (χ0v) is 18.3. The smallest absolute Gasteiger partial charge is 0.356 e. The second kappa shape index (κ2) is 8.51. The number of halogens is 3. The van der Waals surface area contributed by atoms with Gasteiger partial charge in [-0.25, -0.2) is 8.42 Å². The first kappa shape index (κ1) is 22.8. The van der Waals surface area contributed by atoms with E-state index < -0.39 is 26.7 Å². The molecule has 0 aromatic heterocycles. The van der Waals surface area contributed by atoms with Gasteiger partial charge >= 0.3 is 6.18 Å². The molecule has 5 nitrogen and oxygen atoms in total. The second-order valence-electron chi connectivity index (χ2n) is 8.54. The summed E-state index contributed by atoms with van der Waals surface area (Å²) in [6, 6.07) is 14.1. The SMILES string of the molecule is O=C(NCCc1ccccc1)[C@@H]1CC12CCN(S(=O)(=O)c1ccccc1C(F)(F)F)CC2. The average Bonchev–Trinajstić information content (AvgIpc) is 3.47. The molecule has 9 heteroatoms. The first-order chi connectivity index (χ1) is 15.1.